The minimum absolute atomic E-state index is 0. The molecule has 6 heteroatoms. The van der Waals surface area contributed by atoms with Crippen molar-refractivity contribution in [3.05, 3.63) is 83.4 Å². The van der Waals surface area contributed by atoms with E-state index in [0.717, 1.165) is 0 Å². The predicted octanol–water partition coefficient (Wildman–Crippen LogP) is 1.97. The van der Waals surface area contributed by atoms with Gasteiger partial charge in [0.15, 0.2) is 0 Å². The van der Waals surface area contributed by atoms with Crippen LogP contribution in [0.1, 0.15) is 11.8 Å². The van der Waals surface area contributed by atoms with E-state index in [-0.39, 0.29) is 20.3 Å². The molecule has 1 unspecified atom stereocenters. The van der Waals surface area contributed by atoms with Gasteiger partial charge < -0.3 is 10.9 Å². The molecule has 0 aliphatic carbocycles. The Morgan fingerprint density at radius 1 is 0.880 bits per heavy atom. The Balaban J connectivity index is 0.00000169. The Labute approximate surface area is 167 Å². The maximum absolute atomic E-state index is 12.4. The molecule has 122 valence electrons. The van der Waals surface area contributed by atoms with Crippen molar-refractivity contribution in [2.75, 3.05) is 0 Å². The molecule has 0 radical (unpaired) electrons. The van der Waals surface area contributed by atoms with Crippen LogP contribution in [0.4, 0.5) is 0 Å². The molecule has 0 saturated heterocycles. The number of carbonyl (C=O) groups is 1. The van der Waals surface area contributed by atoms with Crippen LogP contribution in [0.5, 0.6) is 17.2 Å². The van der Waals surface area contributed by atoms with E-state index in [1.165, 1.54) is 0 Å². The fourth-order valence-corrected chi connectivity index (χ4v) is 2.59. The summed E-state index contributed by atoms with van der Waals surface area (Å²) >= 11 is 6.22. The Bertz CT molecular complexity index is 863. The average molecular weight is 365 g/mol. The van der Waals surface area contributed by atoms with Gasteiger partial charge in [-0.25, -0.2) is 4.79 Å². The summed E-state index contributed by atoms with van der Waals surface area (Å²) in [5, 5.41) is 0.978. The van der Waals surface area contributed by atoms with Crippen molar-refractivity contribution in [2.45, 2.75) is 0 Å². The Morgan fingerprint density at radius 3 is 2.04 bits per heavy atom. The number of halogens is 1. The van der Waals surface area contributed by atoms with Crippen molar-refractivity contribution in [3.63, 3.8) is 0 Å². The van der Waals surface area contributed by atoms with Gasteiger partial charge in [-0.3, -0.25) is 0 Å². The minimum atomic E-state index is -0.494. The Hall–Kier alpha value is -1.75. The monoisotopic (exact) mass is 364 g/mol. The summed E-state index contributed by atoms with van der Waals surface area (Å²) in [7, 11) is 2.46. The van der Waals surface area contributed by atoms with E-state index in [1.54, 1.807) is 36.4 Å². The largest absolute Gasteiger partial charge is 1.00 e. The molecule has 3 rings (SSSR count). The van der Waals surface area contributed by atoms with Gasteiger partial charge >= 0.3 is 24.8 Å². The number of ether oxygens (including phenoxy) is 2. The SMILES string of the molecule is O=C(Oc1ccccc1)c1cc(Oc2ccccc2)cc(Cl)c1P.[H-].[Li+]. The van der Waals surface area contributed by atoms with Gasteiger partial charge in [-0.2, -0.15) is 0 Å². The second-order valence-corrected chi connectivity index (χ2v) is 5.97. The van der Waals surface area contributed by atoms with E-state index in [1.807, 2.05) is 36.4 Å². The first-order valence-electron chi connectivity index (χ1n) is 7.22. The van der Waals surface area contributed by atoms with E-state index < -0.39 is 5.97 Å². The van der Waals surface area contributed by atoms with Crippen LogP contribution in [0.15, 0.2) is 72.8 Å². The second-order valence-electron chi connectivity index (χ2n) is 4.98. The van der Waals surface area contributed by atoms with Gasteiger partial charge in [-0.15, -0.1) is 9.24 Å². The predicted molar refractivity (Wildman–Crippen MR) is 99.8 cm³/mol. The molecule has 3 aromatic rings. The molecule has 0 N–H and O–H groups in total. The van der Waals surface area contributed by atoms with Gasteiger partial charge in [0.25, 0.3) is 0 Å². The topological polar surface area (TPSA) is 35.5 Å². The quantitative estimate of drug-likeness (QED) is 0.307. The number of para-hydroxylation sites is 2. The molecule has 3 nitrogen and oxygen atoms in total. The molecule has 0 heterocycles. The van der Waals surface area contributed by atoms with Crippen molar-refractivity contribution >= 4 is 32.1 Å². The number of hydrogen-bond donors (Lipinski definition) is 0. The summed E-state index contributed by atoms with van der Waals surface area (Å²) in [6.07, 6.45) is 0. The van der Waals surface area contributed by atoms with Gasteiger partial charge in [0, 0.05) is 11.4 Å². The molecule has 0 aliphatic heterocycles. The van der Waals surface area contributed by atoms with Gasteiger partial charge in [-0.05, 0) is 30.3 Å². The third kappa shape index (κ3) is 5.11. The summed E-state index contributed by atoms with van der Waals surface area (Å²) in [5.41, 5.74) is 0.335. The van der Waals surface area contributed by atoms with Gasteiger partial charge in [0.05, 0.1) is 10.6 Å². The van der Waals surface area contributed by atoms with Crippen LogP contribution in [0.25, 0.3) is 0 Å². The van der Waals surface area contributed by atoms with Gasteiger partial charge in [0.1, 0.15) is 17.2 Å². The maximum atomic E-state index is 12.4. The van der Waals surface area contributed by atoms with E-state index in [4.69, 9.17) is 21.1 Å². The van der Waals surface area contributed by atoms with Crippen LogP contribution in [-0.2, 0) is 0 Å². The zero-order valence-corrected chi connectivity index (χ0v) is 15.5. The van der Waals surface area contributed by atoms with Crippen molar-refractivity contribution in [1.29, 1.82) is 0 Å². The van der Waals surface area contributed by atoms with Crippen LogP contribution in [0, 0.1) is 0 Å². The third-order valence-electron chi connectivity index (χ3n) is 3.26. The number of hydrogen-bond acceptors (Lipinski definition) is 3. The van der Waals surface area contributed by atoms with Crippen LogP contribution in [0.2, 0.25) is 5.02 Å². The van der Waals surface area contributed by atoms with E-state index in [0.29, 0.717) is 33.1 Å². The van der Waals surface area contributed by atoms with E-state index >= 15 is 0 Å². The van der Waals surface area contributed by atoms with Crippen LogP contribution >= 0.6 is 20.8 Å². The molecule has 0 bridgehead atoms. The van der Waals surface area contributed by atoms with Crippen molar-refractivity contribution in [1.82, 2.24) is 0 Å². The zero-order chi connectivity index (χ0) is 16.9. The second kappa shape index (κ2) is 9.09. The number of esters is 1. The molecular weight excluding hydrogens is 350 g/mol. The van der Waals surface area contributed by atoms with Crippen molar-refractivity contribution in [2.24, 2.45) is 0 Å². The molecule has 0 aromatic heterocycles. The summed E-state index contributed by atoms with van der Waals surface area (Å²) in [5.74, 6) is 1.11. The maximum Gasteiger partial charge on any atom is 1.00 e. The molecule has 0 fully saturated rings. The number of benzene rings is 3. The van der Waals surface area contributed by atoms with Crippen molar-refractivity contribution < 1.29 is 34.6 Å². The molecular formula is C19H15ClLiO3P. The molecule has 25 heavy (non-hydrogen) atoms. The van der Waals surface area contributed by atoms with Gasteiger partial charge in [-0.1, -0.05) is 48.0 Å². The standard InChI is InChI=1S/C19H14ClO3P.Li.H/c20-17-12-15(22-13-7-3-1-4-8-13)11-16(18(17)24)19(21)23-14-9-5-2-6-10-14;;/h1-12H,24H2;;/q;+1;-1. The smallest absolute Gasteiger partial charge is 1.00 e. The normalized spacial score (nSPS) is 9.84. The minimum Gasteiger partial charge on any atom is -1.00 e. The zero-order valence-electron chi connectivity index (χ0n) is 14.6. The fraction of sp³-hybridized carbons (Fsp3) is 0. The van der Waals surface area contributed by atoms with Crippen LogP contribution < -0.4 is 33.6 Å². The molecule has 1 atom stereocenters. The molecule has 0 saturated carbocycles. The molecule has 3 aromatic carbocycles. The summed E-state index contributed by atoms with van der Waals surface area (Å²) in [6, 6.07) is 21.4. The van der Waals surface area contributed by atoms with Crippen LogP contribution in [-0.4, -0.2) is 5.97 Å². The summed E-state index contributed by atoms with van der Waals surface area (Å²) in [4.78, 5) is 12.4. The average Bonchev–Trinajstić information content (AvgIpc) is 2.59. The number of rotatable bonds is 4. The first-order valence-corrected chi connectivity index (χ1v) is 8.18. The first kappa shape index (κ1) is 19.6. The fourth-order valence-electron chi connectivity index (χ4n) is 2.10. The van der Waals surface area contributed by atoms with Crippen LogP contribution in [0.3, 0.4) is 0 Å². The Morgan fingerprint density at radius 2 is 1.44 bits per heavy atom. The summed E-state index contributed by atoms with van der Waals surface area (Å²) in [6.45, 7) is 0. The molecule has 0 amide bonds. The van der Waals surface area contributed by atoms with Crippen molar-refractivity contribution in [3.8, 4) is 17.2 Å². The molecule has 0 aliphatic rings. The Kier molecular flexibility index (Phi) is 7.11. The van der Waals surface area contributed by atoms with E-state index in [9.17, 15) is 4.79 Å². The van der Waals surface area contributed by atoms with E-state index in [2.05, 4.69) is 9.24 Å². The molecule has 0 spiro atoms. The third-order valence-corrected chi connectivity index (χ3v) is 4.37. The summed E-state index contributed by atoms with van der Waals surface area (Å²) < 4.78 is 11.1. The number of carbonyl (C=O) groups excluding carboxylic acids is 1. The van der Waals surface area contributed by atoms with Gasteiger partial charge in [0.2, 0.25) is 0 Å². The first-order chi connectivity index (χ1) is 11.6.